The number of ether oxygens (including phenoxy) is 1. The predicted octanol–water partition coefficient (Wildman–Crippen LogP) is 4.67. The van der Waals surface area contributed by atoms with E-state index in [0.717, 1.165) is 10.9 Å². The minimum Gasteiger partial charge on any atom is -0.379 e. The van der Waals surface area contributed by atoms with Crippen LogP contribution in [0.3, 0.4) is 0 Å². The van der Waals surface area contributed by atoms with Gasteiger partial charge in [0.1, 0.15) is 11.2 Å². The summed E-state index contributed by atoms with van der Waals surface area (Å²) in [4.78, 5) is 15.3. The van der Waals surface area contributed by atoms with Crippen molar-refractivity contribution in [1.29, 1.82) is 0 Å². The Labute approximate surface area is 154 Å². The Morgan fingerprint density at radius 1 is 1.27 bits per heavy atom. The average Bonchev–Trinajstić information content (AvgIpc) is 3.05. The number of hydrogen-bond acceptors (Lipinski definition) is 5. The Balaban J connectivity index is 0.000000948. The number of halogens is 1. The van der Waals surface area contributed by atoms with Crippen molar-refractivity contribution < 1.29 is 14.1 Å². The van der Waals surface area contributed by atoms with Crippen LogP contribution in [0.4, 0.5) is 4.39 Å². The van der Waals surface area contributed by atoms with Gasteiger partial charge in [-0.3, -0.25) is 15.1 Å². The quantitative estimate of drug-likeness (QED) is 0.491. The lowest BCUT2D eigenvalue weighted by Crippen LogP contribution is -2.52. The fourth-order valence-corrected chi connectivity index (χ4v) is 3.99. The zero-order valence-electron chi connectivity index (χ0n) is 14.6. The molecule has 136 valence electrons. The lowest BCUT2D eigenvalue weighted by Gasteiger charge is -2.37. The van der Waals surface area contributed by atoms with Crippen LogP contribution in [0.15, 0.2) is 41.8 Å². The van der Waals surface area contributed by atoms with Crippen LogP contribution in [0, 0.1) is 15.9 Å². The van der Waals surface area contributed by atoms with E-state index >= 15 is 0 Å². The van der Waals surface area contributed by atoms with Gasteiger partial charge in [-0.05, 0) is 18.2 Å². The molecule has 1 aliphatic heterocycles. The summed E-state index contributed by atoms with van der Waals surface area (Å²) in [5.74, 6) is -0.253. The molecule has 0 amide bonds. The van der Waals surface area contributed by atoms with Crippen LogP contribution in [0.2, 0.25) is 0 Å². The minimum absolute atomic E-state index is 0.206. The molecule has 0 unspecified atom stereocenters. The van der Waals surface area contributed by atoms with Crippen LogP contribution in [-0.2, 0) is 10.2 Å². The molecule has 0 spiro atoms. The molecule has 26 heavy (non-hydrogen) atoms. The van der Waals surface area contributed by atoms with Gasteiger partial charge in [0.05, 0.1) is 29.3 Å². The van der Waals surface area contributed by atoms with Crippen molar-refractivity contribution in [2.24, 2.45) is 0 Å². The van der Waals surface area contributed by atoms with Crippen molar-refractivity contribution in [2.45, 2.75) is 19.3 Å². The number of aromatic nitrogens is 1. The summed E-state index contributed by atoms with van der Waals surface area (Å²) >= 11 is 1.33. The second-order valence-corrected chi connectivity index (χ2v) is 6.82. The van der Waals surface area contributed by atoms with E-state index in [1.807, 2.05) is 37.4 Å². The van der Waals surface area contributed by atoms with Crippen LogP contribution < -0.4 is 0 Å². The zero-order valence-corrected chi connectivity index (χ0v) is 15.4. The van der Waals surface area contributed by atoms with Gasteiger partial charge in [0, 0.05) is 21.3 Å². The first-order valence-electron chi connectivity index (χ1n) is 8.42. The maximum atomic E-state index is 13.9. The molecule has 0 aliphatic carbocycles. The fourth-order valence-electron chi connectivity index (χ4n) is 3.02. The molecular weight excluding hydrogens is 355 g/mol. The number of rotatable bonds is 4. The molecule has 1 saturated heterocycles. The first kappa shape index (κ1) is 18.4. The molecule has 1 aliphatic rings. The van der Waals surface area contributed by atoms with E-state index in [9.17, 15) is 14.5 Å². The number of fused-ring (bicyclic) bond motifs is 1. The molecule has 3 heterocycles. The van der Waals surface area contributed by atoms with Crippen LogP contribution in [0.5, 0.6) is 0 Å². The Bertz CT molecular complexity index is 937. The van der Waals surface area contributed by atoms with Crippen LogP contribution >= 0.6 is 11.3 Å². The fraction of sp³-hybridized carbons (Fsp3) is 0.316. The molecule has 0 radical (unpaired) electrons. The van der Waals surface area contributed by atoms with Crippen LogP contribution in [0.25, 0.3) is 21.3 Å². The first-order valence-corrected chi connectivity index (χ1v) is 9.30. The largest absolute Gasteiger partial charge is 0.379 e. The summed E-state index contributed by atoms with van der Waals surface area (Å²) in [6.07, 6.45) is 0. The van der Waals surface area contributed by atoms with Gasteiger partial charge in [-0.15, -0.1) is 11.3 Å². The van der Waals surface area contributed by atoms with Gasteiger partial charge < -0.3 is 4.74 Å². The van der Waals surface area contributed by atoms with Crippen LogP contribution in [-0.4, -0.2) is 29.7 Å². The molecule has 1 aromatic carbocycles. The summed E-state index contributed by atoms with van der Waals surface area (Å²) in [6.45, 7) is 4.38. The smallest absolute Gasteiger partial charge is 0.219 e. The third-order valence-electron chi connectivity index (χ3n) is 4.31. The average molecular weight is 374 g/mol. The third-order valence-corrected chi connectivity index (χ3v) is 5.31. The lowest BCUT2D eigenvalue weighted by molar-refractivity contribution is -0.498. The van der Waals surface area contributed by atoms with E-state index in [4.69, 9.17) is 4.74 Å². The summed E-state index contributed by atoms with van der Waals surface area (Å²) < 4.78 is 19.7. The highest BCUT2D eigenvalue weighted by Gasteiger charge is 2.46. The van der Waals surface area contributed by atoms with Gasteiger partial charge in [-0.1, -0.05) is 32.0 Å². The summed E-state index contributed by atoms with van der Waals surface area (Å²) in [6, 6.07) is 10.4. The molecule has 4 rings (SSSR count). The summed E-state index contributed by atoms with van der Waals surface area (Å²) in [7, 11) is 0. The SMILES string of the molecule is CC.O=[N+]([O-])CC1(c2cccc(-c3csc4c(F)cccc34)n2)COC1. The van der Waals surface area contributed by atoms with E-state index in [2.05, 4.69) is 4.98 Å². The highest BCUT2D eigenvalue weighted by atomic mass is 32.1. The van der Waals surface area contributed by atoms with E-state index < -0.39 is 5.41 Å². The topological polar surface area (TPSA) is 65.3 Å². The normalized spacial score (nSPS) is 15.0. The number of thiophene rings is 1. The van der Waals surface area contributed by atoms with Gasteiger partial charge in [0.25, 0.3) is 0 Å². The van der Waals surface area contributed by atoms with E-state index in [1.165, 1.54) is 17.4 Å². The number of hydrogen-bond donors (Lipinski definition) is 0. The number of pyridine rings is 1. The number of nitro groups is 1. The monoisotopic (exact) mass is 374 g/mol. The highest BCUT2D eigenvalue weighted by Crippen LogP contribution is 2.37. The number of nitrogens with zero attached hydrogens (tertiary/aromatic N) is 2. The molecule has 0 saturated carbocycles. The summed E-state index contributed by atoms with van der Waals surface area (Å²) in [5.41, 5.74) is 1.52. The van der Waals surface area contributed by atoms with Crippen molar-refractivity contribution in [2.75, 3.05) is 19.8 Å². The molecule has 2 aromatic heterocycles. The maximum absolute atomic E-state index is 13.9. The van der Waals surface area contributed by atoms with E-state index in [1.54, 1.807) is 12.1 Å². The van der Waals surface area contributed by atoms with Gasteiger partial charge in [-0.2, -0.15) is 0 Å². The van der Waals surface area contributed by atoms with Crippen LogP contribution in [0.1, 0.15) is 19.5 Å². The third kappa shape index (κ3) is 3.20. The minimum atomic E-state index is -0.670. The van der Waals surface area contributed by atoms with Crippen molar-refractivity contribution >= 4 is 21.4 Å². The molecule has 5 nitrogen and oxygen atoms in total. The van der Waals surface area contributed by atoms with Gasteiger partial charge in [0.2, 0.25) is 6.54 Å². The summed E-state index contributed by atoms with van der Waals surface area (Å²) in [5, 5.41) is 13.7. The first-order chi connectivity index (χ1) is 12.6. The van der Waals surface area contributed by atoms with Crippen molar-refractivity contribution in [3.05, 3.63) is 63.4 Å². The molecular formula is C19H19FN2O3S. The molecule has 7 heteroatoms. The molecule has 3 aromatic rings. The second-order valence-electron chi connectivity index (χ2n) is 5.94. The Morgan fingerprint density at radius 2 is 2.00 bits per heavy atom. The molecule has 0 bridgehead atoms. The van der Waals surface area contributed by atoms with E-state index in [-0.39, 0.29) is 17.3 Å². The van der Waals surface area contributed by atoms with Crippen molar-refractivity contribution in [3.8, 4) is 11.3 Å². The van der Waals surface area contributed by atoms with Gasteiger partial charge in [0.15, 0.2) is 0 Å². The standard InChI is InChI=1S/C17H13FN2O3S.C2H6/c18-13-4-1-3-11-12(7-24-16(11)13)14-5-2-6-15(19-14)17(8-20(21)22)9-23-10-17;1-2/h1-7H,8-10H2;1-2H3. The van der Waals surface area contributed by atoms with Crippen molar-refractivity contribution in [3.63, 3.8) is 0 Å². The van der Waals surface area contributed by atoms with Crippen molar-refractivity contribution in [1.82, 2.24) is 4.98 Å². The Morgan fingerprint density at radius 3 is 2.65 bits per heavy atom. The zero-order chi connectivity index (χ0) is 18.7. The maximum Gasteiger partial charge on any atom is 0.219 e. The molecule has 1 fully saturated rings. The molecule has 0 N–H and O–H groups in total. The second kappa shape index (κ2) is 7.47. The lowest BCUT2D eigenvalue weighted by atomic mass is 9.82. The Hall–Kier alpha value is -2.38. The Kier molecular flexibility index (Phi) is 5.29. The highest BCUT2D eigenvalue weighted by molar-refractivity contribution is 7.17. The van der Waals surface area contributed by atoms with Gasteiger partial charge >= 0.3 is 0 Å². The predicted molar refractivity (Wildman–Crippen MR) is 101 cm³/mol. The molecule has 0 atom stereocenters. The van der Waals surface area contributed by atoms with Gasteiger partial charge in [-0.25, -0.2) is 4.39 Å². The number of benzene rings is 1. The van der Waals surface area contributed by atoms with E-state index in [0.29, 0.717) is 29.3 Å².